The molecule has 0 spiro atoms. The molecule has 1 aromatic carbocycles. The third kappa shape index (κ3) is 4.71. The Balaban J connectivity index is 1.25. The number of piperazine rings is 1. The van der Waals surface area contributed by atoms with E-state index in [4.69, 9.17) is 4.74 Å². The van der Waals surface area contributed by atoms with Gasteiger partial charge in [0.05, 0.1) is 30.0 Å². The van der Waals surface area contributed by atoms with Crippen LogP contribution in [0, 0.1) is 12.7 Å². The predicted octanol–water partition coefficient (Wildman–Crippen LogP) is 2.06. The molecular formula is C24H26FN5O4S. The lowest BCUT2D eigenvalue weighted by molar-refractivity contribution is 0.0730. The quantitative estimate of drug-likeness (QED) is 0.542. The fraction of sp³-hybridized carbons (Fsp3) is 0.375. The molecule has 11 heteroatoms. The summed E-state index contributed by atoms with van der Waals surface area (Å²) in [6, 6.07) is 9.40. The van der Waals surface area contributed by atoms with Crippen molar-refractivity contribution in [1.82, 2.24) is 19.2 Å². The van der Waals surface area contributed by atoms with Crippen LogP contribution < -0.4 is 4.90 Å². The van der Waals surface area contributed by atoms with E-state index >= 15 is 0 Å². The Labute approximate surface area is 203 Å². The topological polar surface area (TPSA) is 95.9 Å². The highest BCUT2D eigenvalue weighted by atomic mass is 32.2. The largest absolute Gasteiger partial charge is 0.379 e. The number of hydrogen-bond donors (Lipinski definition) is 0. The van der Waals surface area contributed by atoms with Crippen LogP contribution in [0.2, 0.25) is 0 Å². The molecule has 1 amide bonds. The van der Waals surface area contributed by atoms with Crippen LogP contribution in [-0.2, 0) is 14.8 Å². The number of ether oxygens (including phenoxy) is 1. The molecule has 2 aliphatic heterocycles. The van der Waals surface area contributed by atoms with Gasteiger partial charge in [0.1, 0.15) is 16.5 Å². The van der Waals surface area contributed by atoms with E-state index in [1.54, 1.807) is 36.1 Å². The zero-order chi connectivity index (χ0) is 24.6. The molecule has 2 aliphatic rings. The van der Waals surface area contributed by atoms with Gasteiger partial charge in [0.2, 0.25) is 10.0 Å². The molecule has 35 heavy (non-hydrogen) atoms. The summed E-state index contributed by atoms with van der Waals surface area (Å²) in [6.07, 6.45) is 1.39. The maximum atomic E-state index is 13.5. The Kier molecular flexibility index (Phi) is 6.39. The summed E-state index contributed by atoms with van der Waals surface area (Å²) in [7, 11) is -3.59. The van der Waals surface area contributed by atoms with Gasteiger partial charge in [-0.3, -0.25) is 9.78 Å². The van der Waals surface area contributed by atoms with Gasteiger partial charge in [-0.2, -0.15) is 4.31 Å². The second kappa shape index (κ2) is 9.48. The third-order valence-electron chi connectivity index (χ3n) is 6.42. The number of rotatable bonds is 4. The zero-order valence-electron chi connectivity index (χ0n) is 19.4. The monoisotopic (exact) mass is 499 g/mol. The van der Waals surface area contributed by atoms with Crippen molar-refractivity contribution >= 4 is 32.7 Å². The first kappa shape index (κ1) is 23.6. The molecule has 4 heterocycles. The van der Waals surface area contributed by atoms with E-state index in [0.717, 1.165) is 5.39 Å². The second-order valence-electron chi connectivity index (χ2n) is 8.61. The summed E-state index contributed by atoms with van der Waals surface area (Å²) < 4.78 is 45.8. The van der Waals surface area contributed by atoms with Crippen LogP contribution in [0.15, 0.2) is 47.5 Å². The number of carbonyl (C=O) groups excluding carboxylic acids is 1. The number of halogens is 1. The molecule has 0 saturated carbocycles. The summed E-state index contributed by atoms with van der Waals surface area (Å²) in [5, 5.41) is 0.718. The van der Waals surface area contributed by atoms with Gasteiger partial charge in [-0.15, -0.1) is 0 Å². The maximum Gasteiger partial charge on any atom is 0.255 e. The maximum absolute atomic E-state index is 13.5. The summed E-state index contributed by atoms with van der Waals surface area (Å²) in [4.78, 5) is 25.9. The number of aromatic nitrogens is 2. The molecule has 5 rings (SSSR count). The van der Waals surface area contributed by atoms with Crippen molar-refractivity contribution in [3.63, 3.8) is 0 Å². The highest BCUT2D eigenvalue weighted by Gasteiger charge is 2.28. The van der Waals surface area contributed by atoms with Crippen molar-refractivity contribution in [2.45, 2.75) is 11.8 Å². The highest BCUT2D eigenvalue weighted by Crippen LogP contribution is 2.22. The minimum Gasteiger partial charge on any atom is -0.379 e. The normalized spacial score (nSPS) is 17.7. The molecule has 3 aromatic rings. The molecule has 9 nitrogen and oxygen atoms in total. The van der Waals surface area contributed by atoms with E-state index in [9.17, 15) is 17.6 Å². The minimum atomic E-state index is -3.59. The Morgan fingerprint density at radius 1 is 1.00 bits per heavy atom. The van der Waals surface area contributed by atoms with E-state index < -0.39 is 10.0 Å². The first-order chi connectivity index (χ1) is 16.8. The number of carbonyl (C=O) groups is 1. The third-order valence-corrected chi connectivity index (χ3v) is 8.30. The van der Waals surface area contributed by atoms with Gasteiger partial charge in [0.15, 0.2) is 0 Å². The van der Waals surface area contributed by atoms with Crippen molar-refractivity contribution < 1.29 is 22.3 Å². The summed E-state index contributed by atoms with van der Waals surface area (Å²) in [5.74, 6) is 0.198. The number of sulfonamides is 1. The van der Waals surface area contributed by atoms with E-state index in [0.29, 0.717) is 75.1 Å². The zero-order valence-corrected chi connectivity index (χ0v) is 20.2. The van der Waals surface area contributed by atoms with Gasteiger partial charge in [-0.1, -0.05) is 0 Å². The second-order valence-corrected chi connectivity index (χ2v) is 10.5. The van der Waals surface area contributed by atoms with Gasteiger partial charge >= 0.3 is 0 Å². The molecule has 0 radical (unpaired) electrons. The molecule has 0 atom stereocenters. The van der Waals surface area contributed by atoms with E-state index in [2.05, 4.69) is 9.97 Å². The van der Waals surface area contributed by atoms with Crippen molar-refractivity contribution in [3.05, 3.63) is 59.7 Å². The lowest BCUT2D eigenvalue weighted by Gasteiger charge is -2.35. The van der Waals surface area contributed by atoms with Crippen molar-refractivity contribution in [2.75, 3.05) is 57.4 Å². The average Bonchev–Trinajstić information content (AvgIpc) is 2.88. The Bertz CT molecular complexity index is 1350. The van der Waals surface area contributed by atoms with Crippen LogP contribution in [0.4, 0.5) is 10.2 Å². The molecule has 0 unspecified atom stereocenters. The molecular weight excluding hydrogens is 473 g/mol. The number of amides is 1. The van der Waals surface area contributed by atoms with Crippen LogP contribution in [0.3, 0.4) is 0 Å². The number of aryl methyl sites for hydroxylation is 1. The van der Waals surface area contributed by atoms with Gasteiger partial charge in [-0.05, 0) is 37.3 Å². The Morgan fingerprint density at radius 2 is 1.74 bits per heavy atom. The molecule has 2 aromatic heterocycles. The van der Waals surface area contributed by atoms with E-state index in [1.807, 2.05) is 4.90 Å². The fourth-order valence-corrected chi connectivity index (χ4v) is 5.76. The summed E-state index contributed by atoms with van der Waals surface area (Å²) in [6.45, 7) is 5.34. The van der Waals surface area contributed by atoms with Crippen LogP contribution >= 0.6 is 0 Å². The van der Waals surface area contributed by atoms with Crippen molar-refractivity contribution in [3.8, 4) is 0 Å². The Hall–Kier alpha value is -3.15. The predicted molar refractivity (Wildman–Crippen MR) is 128 cm³/mol. The smallest absolute Gasteiger partial charge is 0.255 e. The number of fused-ring (bicyclic) bond motifs is 1. The summed E-state index contributed by atoms with van der Waals surface area (Å²) in [5.41, 5.74) is 1.59. The SMILES string of the molecule is Cc1nc2cc(F)ccc2cc1C(=O)N1CCN(c2ccc(S(=O)(=O)N3CCOCC3)cn2)CC1. The number of morpholine rings is 1. The average molecular weight is 500 g/mol. The van der Waals surface area contributed by atoms with Crippen molar-refractivity contribution in [1.29, 1.82) is 0 Å². The van der Waals surface area contributed by atoms with Crippen LogP contribution in [-0.4, -0.2) is 86.0 Å². The van der Waals surface area contributed by atoms with Crippen molar-refractivity contribution in [2.24, 2.45) is 0 Å². The van der Waals surface area contributed by atoms with E-state index in [-0.39, 0.29) is 16.6 Å². The number of nitrogens with zero attached hydrogens (tertiary/aromatic N) is 5. The number of hydrogen-bond acceptors (Lipinski definition) is 7. The molecule has 0 bridgehead atoms. The summed E-state index contributed by atoms with van der Waals surface area (Å²) >= 11 is 0. The standard InChI is InChI=1S/C24H26FN5O4S/c1-17-21(14-18-2-3-19(25)15-22(18)27-17)24(31)29-8-6-28(7-9-29)23-5-4-20(16-26-23)35(32,33)30-10-12-34-13-11-30/h2-5,14-16H,6-13H2,1H3. The highest BCUT2D eigenvalue weighted by molar-refractivity contribution is 7.89. The Morgan fingerprint density at radius 3 is 2.43 bits per heavy atom. The molecule has 0 aliphatic carbocycles. The number of benzene rings is 1. The van der Waals surface area contributed by atoms with Gasteiger partial charge in [0.25, 0.3) is 5.91 Å². The number of pyridine rings is 2. The lowest BCUT2D eigenvalue weighted by atomic mass is 10.1. The molecule has 2 saturated heterocycles. The van der Waals surface area contributed by atoms with Crippen LogP contribution in [0.1, 0.15) is 16.1 Å². The molecule has 2 fully saturated rings. The molecule has 184 valence electrons. The van der Waals surface area contributed by atoms with Crippen LogP contribution in [0.5, 0.6) is 0 Å². The molecule has 0 N–H and O–H groups in total. The number of anilines is 1. The first-order valence-electron chi connectivity index (χ1n) is 11.5. The van der Waals surface area contributed by atoms with E-state index in [1.165, 1.54) is 22.6 Å². The minimum absolute atomic E-state index is 0.110. The fourth-order valence-electron chi connectivity index (χ4n) is 4.41. The van der Waals surface area contributed by atoms with Crippen LogP contribution in [0.25, 0.3) is 10.9 Å². The van der Waals surface area contributed by atoms with Gasteiger partial charge in [-0.25, -0.2) is 17.8 Å². The van der Waals surface area contributed by atoms with Gasteiger partial charge in [0, 0.05) is 56.9 Å². The first-order valence-corrected chi connectivity index (χ1v) is 12.9. The lowest BCUT2D eigenvalue weighted by Crippen LogP contribution is -2.49. The van der Waals surface area contributed by atoms with Gasteiger partial charge < -0.3 is 14.5 Å².